The second-order valence-corrected chi connectivity index (χ2v) is 11.7. The number of fused-ring (bicyclic) bond motifs is 1. The number of benzene rings is 1. The second kappa shape index (κ2) is 7.89. The van der Waals surface area contributed by atoms with Gasteiger partial charge in [-0.15, -0.1) is 0 Å². The molecule has 33 heavy (non-hydrogen) atoms. The molecule has 0 aromatic heterocycles. The van der Waals surface area contributed by atoms with Crippen LogP contribution in [0.5, 0.6) is 0 Å². The average molecular weight is 449 g/mol. The van der Waals surface area contributed by atoms with E-state index < -0.39 is 17.0 Å². The topological polar surface area (TPSA) is 34.1 Å². The summed E-state index contributed by atoms with van der Waals surface area (Å²) in [5, 5.41) is 0. The van der Waals surface area contributed by atoms with Crippen LogP contribution in [0.25, 0.3) is 5.57 Å². The number of aryl methyl sites for hydroxylation is 2. The summed E-state index contributed by atoms with van der Waals surface area (Å²) in [4.78, 5) is 28.5. The van der Waals surface area contributed by atoms with Gasteiger partial charge in [-0.05, 0) is 99.5 Å². The Morgan fingerprint density at radius 2 is 1.82 bits per heavy atom. The highest BCUT2D eigenvalue weighted by molar-refractivity contribution is 6.26. The fourth-order valence-corrected chi connectivity index (χ4v) is 6.27. The van der Waals surface area contributed by atoms with Crippen LogP contribution in [0.15, 0.2) is 47.6 Å². The number of Topliss-reactive ketones (excluding diaryl/α,β-unsaturated/α-hetero) is 2. The van der Waals surface area contributed by atoms with Gasteiger partial charge in [0, 0.05) is 5.57 Å². The van der Waals surface area contributed by atoms with Crippen molar-refractivity contribution in [2.24, 2.45) is 16.2 Å². The van der Waals surface area contributed by atoms with E-state index in [0.717, 1.165) is 28.7 Å². The first-order valence-electron chi connectivity index (χ1n) is 12.2. The van der Waals surface area contributed by atoms with Gasteiger partial charge in [0.2, 0.25) is 0 Å². The first-order valence-corrected chi connectivity index (χ1v) is 12.2. The summed E-state index contributed by atoms with van der Waals surface area (Å²) in [6.45, 7) is 16.7. The Morgan fingerprint density at radius 3 is 2.45 bits per heavy atom. The molecule has 3 heteroatoms. The SMILES string of the molecule is C=C(C1=C2CC(C)(C)CC[C@@]23CC[C@@H](F)C(CC=C(C)C)(C1=O)C3=O)c1ccc(C)c(C)c1. The zero-order valence-corrected chi connectivity index (χ0v) is 21.0. The minimum absolute atomic E-state index is 0.0116. The number of hydrogen-bond donors (Lipinski definition) is 0. The van der Waals surface area contributed by atoms with Crippen molar-refractivity contribution in [2.45, 2.75) is 86.2 Å². The minimum Gasteiger partial charge on any atom is -0.297 e. The van der Waals surface area contributed by atoms with Gasteiger partial charge in [-0.3, -0.25) is 9.59 Å². The van der Waals surface area contributed by atoms with E-state index in [0.29, 0.717) is 30.4 Å². The zero-order valence-electron chi connectivity index (χ0n) is 21.0. The molecule has 3 aliphatic rings. The predicted molar refractivity (Wildman–Crippen MR) is 133 cm³/mol. The monoisotopic (exact) mass is 448 g/mol. The standard InChI is InChI=1S/C30H37FO2/c1-18(2)10-13-30-24(31)11-12-29(27(30)33)15-14-28(6,7)17-23(29)25(26(30)32)21(5)22-9-8-19(3)20(4)16-22/h8-10,16,24H,5,11-15,17H2,1-4,6-7H3/t24-,29+,30?/m1/s1. The first-order chi connectivity index (χ1) is 15.4. The molecule has 0 N–H and O–H groups in total. The smallest absolute Gasteiger partial charge is 0.180 e. The van der Waals surface area contributed by atoms with Crippen LogP contribution in [-0.4, -0.2) is 17.7 Å². The lowest BCUT2D eigenvalue weighted by atomic mass is 9.44. The Balaban J connectivity index is 1.99. The van der Waals surface area contributed by atoms with E-state index in [1.807, 2.05) is 39.0 Å². The van der Waals surface area contributed by atoms with Gasteiger partial charge in [0.05, 0.1) is 5.41 Å². The van der Waals surface area contributed by atoms with E-state index in [2.05, 4.69) is 33.4 Å². The Hall–Kier alpha value is -2.29. The fourth-order valence-electron chi connectivity index (χ4n) is 6.27. The molecule has 0 amide bonds. The summed E-state index contributed by atoms with van der Waals surface area (Å²) in [5.41, 5.74) is 3.90. The molecule has 3 atom stereocenters. The van der Waals surface area contributed by atoms with Crippen molar-refractivity contribution in [2.75, 3.05) is 0 Å². The van der Waals surface area contributed by atoms with Crippen molar-refractivity contribution in [3.8, 4) is 0 Å². The van der Waals surface area contributed by atoms with Gasteiger partial charge >= 0.3 is 0 Å². The predicted octanol–water partition coefficient (Wildman–Crippen LogP) is 7.44. The van der Waals surface area contributed by atoms with Gasteiger partial charge in [-0.25, -0.2) is 4.39 Å². The molecule has 1 spiro atoms. The number of carbonyl (C=O) groups excluding carboxylic acids is 2. The summed E-state index contributed by atoms with van der Waals surface area (Å²) in [7, 11) is 0. The van der Waals surface area contributed by atoms with Crippen molar-refractivity contribution in [3.05, 3.63) is 64.3 Å². The molecule has 2 bridgehead atoms. The van der Waals surface area contributed by atoms with E-state index in [1.54, 1.807) is 0 Å². The lowest BCUT2D eigenvalue weighted by Crippen LogP contribution is -2.63. The number of ketones is 2. The zero-order chi connectivity index (χ0) is 24.3. The number of allylic oxidation sites excluding steroid dienone is 5. The number of alkyl halides is 1. The van der Waals surface area contributed by atoms with Crippen molar-refractivity contribution in [1.82, 2.24) is 0 Å². The Bertz CT molecular complexity index is 1110. The van der Waals surface area contributed by atoms with Gasteiger partial charge in [-0.1, -0.05) is 50.3 Å². The van der Waals surface area contributed by atoms with Gasteiger partial charge in [0.1, 0.15) is 11.6 Å². The Kier molecular flexibility index (Phi) is 5.70. The molecule has 1 unspecified atom stereocenters. The molecule has 2 nitrogen and oxygen atoms in total. The highest BCUT2D eigenvalue weighted by Crippen LogP contribution is 2.64. The van der Waals surface area contributed by atoms with Gasteiger partial charge < -0.3 is 0 Å². The summed E-state index contributed by atoms with van der Waals surface area (Å²) in [5.74, 6) is -0.512. The van der Waals surface area contributed by atoms with Crippen molar-refractivity contribution in [1.29, 1.82) is 0 Å². The number of rotatable bonds is 4. The highest BCUT2D eigenvalue weighted by Gasteiger charge is 2.67. The largest absolute Gasteiger partial charge is 0.297 e. The van der Waals surface area contributed by atoms with Crippen LogP contribution in [-0.2, 0) is 9.59 Å². The van der Waals surface area contributed by atoms with Gasteiger partial charge in [0.15, 0.2) is 11.6 Å². The molecule has 0 aliphatic heterocycles. The van der Waals surface area contributed by atoms with Gasteiger partial charge in [0.25, 0.3) is 0 Å². The number of carbonyl (C=O) groups is 2. The van der Waals surface area contributed by atoms with E-state index in [1.165, 1.54) is 5.56 Å². The van der Waals surface area contributed by atoms with Crippen LogP contribution in [0.1, 0.15) is 82.9 Å². The first kappa shape index (κ1) is 23.9. The van der Waals surface area contributed by atoms with Gasteiger partial charge in [-0.2, -0.15) is 0 Å². The molecular weight excluding hydrogens is 411 g/mol. The molecule has 0 saturated heterocycles. The van der Waals surface area contributed by atoms with Crippen LogP contribution in [0, 0.1) is 30.1 Å². The normalized spacial score (nSPS) is 30.7. The number of halogens is 1. The molecule has 1 aromatic rings. The summed E-state index contributed by atoms with van der Waals surface area (Å²) >= 11 is 0. The lowest BCUT2D eigenvalue weighted by molar-refractivity contribution is -0.158. The van der Waals surface area contributed by atoms with Crippen LogP contribution in [0.2, 0.25) is 0 Å². The fraction of sp³-hybridized carbons (Fsp3) is 0.533. The van der Waals surface area contributed by atoms with Crippen molar-refractivity contribution < 1.29 is 14.0 Å². The van der Waals surface area contributed by atoms with Crippen LogP contribution in [0.3, 0.4) is 0 Å². The molecule has 2 fully saturated rings. The van der Waals surface area contributed by atoms with Crippen LogP contribution in [0.4, 0.5) is 4.39 Å². The van der Waals surface area contributed by atoms with E-state index in [-0.39, 0.29) is 29.8 Å². The highest BCUT2D eigenvalue weighted by atomic mass is 19.1. The van der Waals surface area contributed by atoms with Crippen LogP contribution < -0.4 is 0 Å². The third-order valence-corrected chi connectivity index (χ3v) is 8.58. The third kappa shape index (κ3) is 3.50. The maximum Gasteiger partial charge on any atom is 0.180 e. The quantitative estimate of drug-likeness (QED) is 0.354. The maximum absolute atomic E-state index is 15.8. The molecule has 0 heterocycles. The molecule has 4 rings (SSSR count). The summed E-state index contributed by atoms with van der Waals surface area (Å²) in [6.07, 6.45) is 3.57. The molecule has 176 valence electrons. The Morgan fingerprint density at radius 1 is 1.12 bits per heavy atom. The van der Waals surface area contributed by atoms with E-state index in [4.69, 9.17) is 0 Å². The second-order valence-electron chi connectivity index (χ2n) is 11.7. The molecular formula is C30H37FO2. The van der Waals surface area contributed by atoms with Crippen molar-refractivity contribution in [3.63, 3.8) is 0 Å². The number of hydrogen-bond acceptors (Lipinski definition) is 2. The maximum atomic E-state index is 15.8. The Labute approximate surface area is 198 Å². The molecule has 0 radical (unpaired) electrons. The third-order valence-electron chi connectivity index (χ3n) is 8.58. The van der Waals surface area contributed by atoms with E-state index in [9.17, 15) is 9.59 Å². The van der Waals surface area contributed by atoms with Crippen LogP contribution >= 0.6 is 0 Å². The average Bonchev–Trinajstić information content (AvgIpc) is 2.74. The molecule has 3 aliphatic carbocycles. The van der Waals surface area contributed by atoms with Crippen molar-refractivity contribution >= 4 is 17.1 Å². The molecule has 2 saturated carbocycles. The lowest BCUT2D eigenvalue weighted by Gasteiger charge is -2.56. The summed E-state index contributed by atoms with van der Waals surface area (Å²) in [6, 6.07) is 6.09. The van der Waals surface area contributed by atoms with E-state index >= 15 is 4.39 Å². The summed E-state index contributed by atoms with van der Waals surface area (Å²) < 4.78 is 15.8. The minimum atomic E-state index is -1.63. The molecule has 1 aromatic carbocycles.